The van der Waals surface area contributed by atoms with E-state index < -0.39 is 0 Å². The zero-order valence-corrected chi connectivity index (χ0v) is 10.1. The fourth-order valence-corrected chi connectivity index (χ4v) is 2.28. The Labute approximate surface area is 96.7 Å². The Hall–Kier alpha value is -0.650. The first-order valence-electron chi connectivity index (χ1n) is 5.95. The van der Waals surface area contributed by atoms with E-state index in [1.165, 1.54) is 0 Å². The summed E-state index contributed by atoms with van der Waals surface area (Å²) in [5, 5.41) is 3.31. The first-order valence-corrected chi connectivity index (χ1v) is 5.95. The zero-order valence-electron chi connectivity index (χ0n) is 10.1. The lowest BCUT2D eigenvalue weighted by Gasteiger charge is -2.30. The molecule has 1 amide bonds. The molecule has 5 nitrogen and oxygen atoms in total. The molecule has 0 bridgehead atoms. The van der Waals surface area contributed by atoms with E-state index in [2.05, 4.69) is 17.3 Å². The molecular weight excluding hydrogens is 206 g/mol. The predicted molar refractivity (Wildman–Crippen MR) is 61.3 cm³/mol. The first-order chi connectivity index (χ1) is 7.66. The van der Waals surface area contributed by atoms with Crippen LogP contribution in [0, 0.1) is 0 Å². The summed E-state index contributed by atoms with van der Waals surface area (Å²) in [6.45, 7) is 4.38. The minimum Gasteiger partial charge on any atom is -0.374 e. The van der Waals surface area contributed by atoms with Crippen molar-refractivity contribution in [2.75, 3.05) is 46.9 Å². The molecule has 16 heavy (non-hydrogen) atoms. The molecule has 0 radical (unpaired) electrons. The first kappa shape index (κ1) is 11.8. The molecule has 2 rings (SSSR count). The van der Waals surface area contributed by atoms with E-state index in [1.54, 1.807) is 4.90 Å². The van der Waals surface area contributed by atoms with Crippen molar-refractivity contribution in [2.45, 2.75) is 18.6 Å². The average Bonchev–Trinajstić information content (AvgIpc) is 2.57. The number of likely N-dealkylation sites (tertiary alicyclic amines) is 1. The maximum Gasteiger partial charge on any atom is 0.239 e. The van der Waals surface area contributed by atoms with Crippen molar-refractivity contribution in [2.24, 2.45) is 0 Å². The van der Waals surface area contributed by atoms with Gasteiger partial charge in [-0.2, -0.15) is 0 Å². The van der Waals surface area contributed by atoms with Gasteiger partial charge in [-0.15, -0.1) is 0 Å². The molecule has 0 aliphatic carbocycles. The number of ether oxygens (including phenoxy) is 1. The highest BCUT2D eigenvalue weighted by Crippen LogP contribution is 2.09. The van der Waals surface area contributed by atoms with Crippen LogP contribution in [0.15, 0.2) is 0 Å². The van der Waals surface area contributed by atoms with Gasteiger partial charge in [0.2, 0.25) is 5.91 Å². The molecule has 2 aliphatic heterocycles. The van der Waals surface area contributed by atoms with Crippen LogP contribution in [0.4, 0.5) is 0 Å². The predicted octanol–water partition coefficient (Wildman–Crippen LogP) is -0.863. The Kier molecular flexibility index (Phi) is 3.78. The number of nitrogens with zero attached hydrogens (tertiary/aromatic N) is 2. The number of carbonyl (C=O) groups is 1. The van der Waals surface area contributed by atoms with E-state index >= 15 is 0 Å². The number of carbonyl (C=O) groups excluding carboxylic acids is 1. The molecule has 2 unspecified atom stereocenters. The van der Waals surface area contributed by atoms with Crippen LogP contribution >= 0.6 is 0 Å². The smallest absolute Gasteiger partial charge is 0.239 e. The van der Waals surface area contributed by atoms with Gasteiger partial charge in [-0.3, -0.25) is 4.79 Å². The van der Waals surface area contributed by atoms with Crippen molar-refractivity contribution in [3.05, 3.63) is 0 Å². The van der Waals surface area contributed by atoms with Gasteiger partial charge in [0.05, 0.1) is 18.8 Å². The number of hydrogen-bond acceptors (Lipinski definition) is 4. The minimum atomic E-state index is 0.000771. The lowest BCUT2D eigenvalue weighted by Crippen LogP contribution is -2.48. The summed E-state index contributed by atoms with van der Waals surface area (Å²) in [4.78, 5) is 15.7. The lowest BCUT2D eigenvalue weighted by molar-refractivity contribution is -0.128. The second-order valence-electron chi connectivity index (χ2n) is 4.76. The number of likely N-dealkylation sites (N-methyl/N-ethyl adjacent to an activating group) is 2. The van der Waals surface area contributed by atoms with Gasteiger partial charge in [-0.05, 0) is 13.5 Å². The van der Waals surface area contributed by atoms with Crippen molar-refractivity contribution in [1.82, 2.24) is 15.1 Å². The standard InChI is InChI=1S/C11H21N3O2/c1-13-5-6-16-9(8-13)7-12-10-3-4-14(2)11(10)15/h9-10,12H,3-8H2,1-2H3. The van der Waals surface area contributed by atoms with Gasteiger partial charge >= 0.3 is 0 Å². The summed E-state index contributed by atoms with van der Waals surface area (Å²) in [5.74, 6) is 0.212. The SMILES string of the molecule is CN1CCOC(CNC2CCN(C)C2=O)C1. The fraction of sp³-hybridized carbons (Fsp3) is 0.909. The van der Waals surface area contributed by atoms with Crippen molar-refractivity contribution >= 4 is 5.91 Å². The number of amides is 1. The Morgan fingerprint density at radius 1 is 1.44 bits per heavy atom. The van der Waals surface area contributed by atoms with Gasteiger partial charge < -0.3 is 19.9 Å². The summed E-state index contributed by atoms with van der Waals surface area (Å²) < 4.78 is 5.64. The van der Waals surface area contributed by atoms with Crippen LogP contribution in [0.2, 0.25) is 0 Å². The zero-order chi connectivity index (χ0) is 11.5. The molecule has 2 heterocycles. The van der Waals surface area contributed by atoms with Crippen LogP contribution in [-0.4, -0.2) is 74.7 Å². The van der Waals surface area contributed by atoms with Crippen LogP contribution in [-0.2, 0) is 9.53 Å². The highest BCUT2D eigenvalue weighted by molar-refractivity contribution is 5.83. The van der Waals surface area contributed by atoms with Crippen LogP contribution in [0.5, 0.6) is 0 Å². The topological polar surface area (TPSA) is 44.8 Å². The third-order valence-corrected chi connectivity index (χ3v) is 3.36. The lowest BCUT2D eigenvalue weighted by atomic mass is 10.2. The van der Waals surface area contributed by atoms with Crippen LogP contribution in [0.1, 0.15) is 6.42 Å². The molecule has 2 aliphatic rings. The molecule has 1 N–H and O–H groups in total. The summed E-state index contributed by atoms with van der Waals surface area (Å²) >= 11 is 0. The Morgan fingerprint density at radius 3 is 2.88 bits per heavy atom. The largest absolute Gasteiger partial charge is 0.374 e. The fourth-order valence-electron chi connectivity index (χ4n) is 2.28. The number of hydrogen-bond donors (Lipinski definition) is 1. The molecular formula is C11H21N3O2. The van der Waals surface area contributed by atoms with E-state index in [0.29, 0.717) is 0 Å². The van der Waals surface area contributed by atoms with Crippen molar-refractivity contribution in [3.63, 3.8) is 0 Å². The van der Waals surface area contributed by atoms with Gasteiger partial charge in [-0.25, -0.2) is 0 Å². The Bertz CT molecular complexity index is 260. The minimum absolute atomic E-state index is 0.000771. The second kappa shape index (κ2) is 5.12. The molecule has 2 atom stereocenters. The Balaban J connectivity index is 1.73. The molecule has 5 heteroatoms. The van der Waals surface area contributed by atoms with Gasteiger partial charge in [-0.1, -0.05) is 0 Å². The molecule has 92 valence electrons. The summed E-state index contributed by atoms with van der Waals surface area (Å²) in [5.41, 5.74) is 0. The van der Waals surface area contributed by atoms with E-state index in [4.69, 9.17) is 4.74 Å². The maximum absolute atomic E-state index is 11.7. The van der Waals surface area contributed by atoms with Crippen LogP contribution < -0.4 is 5.32 Å². The van der Waals surface area contributed by atoms with Crippen LogP contribution in [0.25, 0.3) is 0 Å². The third kappa shape index (κ3) is 2.72. The highest BCUT2D eigenvalue weighted by Gasteiger charge is 2.29. The normalized spacial score (nSPS) is 32.4. The summed E-state index contributed by atoms with van der Waals surface area (Å²) in [6, 6.07) is 0.000771. The number of morpholine rings is 1. The van der Waals surface area contributed by atoms with Crippen molar-refractivity contribution < 1.29 is 9.53 Å². The van der Waals surface area contributed by atoms with Crippen molar-refractivity contribution in [3.8, 4) is 0 Å². The molecule has 0 saturated carbocycles. The second-order valence-corrected chi connectivity index (χ2v) is 4.76. The van der Waals surface area contributed by atoms with Gasteiger partial charge in [0, 0.05) is 33.2 Å². The molecule has 0 aromatic carbocycles. The van der Waals surface area contributed by atoms with Crippen LogP contribution in [0.3, 0.4) is 0 Å². The van der Waals surface area contributed by atoms with Crippen molar-refractivity contribution in [1.29, 1.82) is 0 Å². The van der Waals surface area contributed by atoms with E-state index in [0.717, 1.165) is 39.2 Å². The Morgan fingerprint density at radius 2 is 2.25 bits per heavy atom. The van der Waals surface area contributed by atoms with E-state index in [9.17, 15) is 4.79 Å². The molecule has 0 aromatic heterocycles. The molecule has 0 aromatic rings. The number of rotatable bonds is 3. The number of nitrogens with one attached hydrogen (secondary N) is 1. The molecule has 0 spiro atoms. The molecule has 2 saturated heterocycles. The van der Waals surface area contributed by atoms with Gasteiger partial charge in [0.1, 0.15) is 0 Å². The van der Waals surface area contributed by atoms with E-state index in [1.807, 2.05) is 7.05 Å². The van der Waals surface area contributed by atoms with Gasteiger partial charge in [0.15, 0.2) is 0 Å². The summed E-state index contributed by atoms with van der Waals surface area (Å²) in [6.07, 6.45) is 1.13. The summed E-state index contributed by atoms with van der Waals surface area (Å²) in [7, 11) is 3.96. The molecule has 2 fully saturated rings. The third-order valence-electron chi connectivity index (χ3n) is 3.36. The average molecular weight is 227 g/mol. The monoisotopic (exact) mass is 227 g/mol. The quantitative estimate of drug-likeness (QED) is 0.681. The maximum atomic E-state index is 11.7. The van der Waals surface area contributed by atoms with E-state index in [-0.39, 0.29) is 18.1 Å². The highest BCUT2D eigenvalue weighted by atomic mass is 16.5. The van der Waals surface area contributed by atoms with Gasteiger partial charge in [0.25, 0.3) is 0 Å².